The first-order valence-electron chi connectivity index (χ1n) is 11.4. The largest absolute Gasteiger partial charge is 0.367 e. The molecule has 0 unspecified atom stereocenters. The van der Waals surface area contributed by atoms with E-state index in [1.54, 1.807) is 13.8 Å². The molecule has 0 amide bonds. The third kappa shape index (κ3) is 5.13. The molecule has 0 spiro atoms. The molecule has 1 aliphatic rings. The Hall–Kier alpha value is -3.11. The van der Waals surface area contributed by atoms with Crippen molar-refractivity contribution in [1.82, 2.24) is 14.1 Å². The molecule has 0 bridgehead atoms. The normalized spacial score (nSPS) is 15.1. The first-order valence-corrected chi connectivity index (χ1v) is 12.9. The fourth-order valence-corrected chi connectivity index (χ4v) is 5.51. The highest BCUT2D eigenvalue weighted by Gasteiger charge is 2.30. The van der Waals surface area contributed by atoms with Crippen LogP contribution in [-0.4, -0.2) is 53.9 Å². The summed E-state index contributed by atoms with van der Waals surface area (Å²) in [7, 11) is -3.37. The van der Waals surface area contributed by atoms with Crippen LogP contribution < -0.4 is 10.5 Å². The zero-order chi connectivity index (χ0) is 25.3. The van der Waals surface area contributed by atoms with E-state index in [1.807, 2.05) is 36.1 Å². The van der Waals surface area contributed by atoms with E-state index in [4.69, 9.17) is 0 Å². The van der Waals surface area contributed by atoms with E-state index in [-0.39, 0.29) is 5.69 Å². The van der Waals surface area contributed by atoms with Crippen LogP contribution >= 0.6 is 0 Å². The summed E-state index contributed by atoms with van der Waals surface area (Å²) in [6.07, 6.45) is 1.82. The minimum Gasteiger partial charge on any atom is -0.367 e. The lowest BCUT2D eigenvalue weighted by Crippen LogP contribution is -2.51. The number of halogens is 2. The monoisotopic (exact) mass is 502 g/mol. The van der Waals surface area contributed by atoms with E-state index in [0.717, 1.165) is 34.0 Å². The summed E-state index contributed by atoms with van der Waals surface area (Å²) < 4.78 is 55.3. The van der Waals surface area contributed by atoms with Crippen molar-refractivity contribution in [3.63, 3.8) is 0 Å². The topological polar surface area (TPSA) is 75.5 Å². The summed E-state index contributed by atoms with van der Waals surface area (Å²) in [4.78, 5) is 15.6. The number of piperazine rings is 1. The number of sulfonamides is 1. The number of anilines is 1. The molecule has 7 nitrogen and oxygen atoms in total. The van der Waals surface area contributed by atoms with Crippen LogP contribution in [0.1, 0.15) is 30.5 Å². The highest BCUT2D eigenvalue weighted by molar-refractivity contribution is 7.89. The Morgan fingerprint density at radius 3 is 2.23 bits per heavy atom. The summed E-state index contributed by atoms with van der Waals surface area (Å²) in [5.74, 6) is -1.61. The predicted molar refractivity (Wildman–Crippen MR) is 132 cm³/mol. The second-order valence-corrected chi connectivity index (χ2v) is 11.4. The number of benzene rings is 2. The van der Waals surface area contributed by atoms with Gasteiger partial charge in [-0.15, -0.1) is 0 Å². The van der Waals surface area contributed by atoms with Gasteiger partial charge in [0.15, 0.2) is 0 Å². The molecule has 0 saturated carbocycles. The minimum absolute atomic E-state index is 0.00192. The molecule has 0 radical (unpaired) electrons. The minimum atomic E-state index is -3.37. The molecular weight excluding hydrogens is 474 g/mol. The third-order valence-electron chi connectivity index (χ3n) is 6.31. The lowest BCUT2D eigenvalue weighted by atomic mass is 10.0. The van der Waals surface area contributed by atoms with Gasteiger partial charge in [-0.05, 0) is 44.0 Å². The predicted octanol–water partition coefficient (Wildman–Crippen LogP) is 3.27. The molecule has 2 aromatic carbocycles. The van der Waals surface area contributed by atoms with Gasteiger partial charge in [0.05, 0.1) is 22.8 Å². The first kappa shape index (κ1) is 25.0. The second-order valence-electron chi connectivity index (χ2n) is 8.94. The van der Waals surface area contributed by atoms with Crippen molar-refractivity contribution < 1.29 is 17.2 Å². The Kier molecular flexibility index (Phi) is 7.05. The van der Waals surface area contributed by atoms with Crippen molar-refractivity contribution in [2.75, 3.05) is 31.1 Å². The fourth-order valence-electron chi connectivity index (χ4n) is 4.24. The lowest BCUT2D eigenvalue weighted by Gasteiger charge is -2.36. The number of hydrogen-bond donors (Lipinski definition) is 0. The van der Waals surface area contributed by atoms with E-state index in [1.165, 1.54) is 10.5 Å². The third-order valence-corrected chi connectivity index (χ3v) is 8.59. The van der Waals surface area contributed by atoms with Crippen LogP contribution in [0.5, 0.6) is 0 Å². The molecule has 0 N–H and O–H groups in total. The van der Waals surface area contributed by atoms with Crippen LogP contribution in [0.15, 0.2) is 53.5 Å². The van der Waals surface area contributed by atoms with Crippen LogP contribution in [-0.2, 0) is 16.4 Å². The Balaban J connectivity index is 1.75. The molecule has 0 atom stereocenters. The highest BCUT2D eigenvalue weighted by atomic mass is 32.2. The van der Waals surface area contributed by atoms with Crippen molar-refractivity contribution in [2.24, 2.45) is 0 Å². The summed E-state index contributed by atoms with van der Waals surface area (Å²) in [6.45, 7) is 6.64. The van der Waals surface area contributed by atoms with Crippen molar-refractivity contribution in [3.8, 4) is 5.69 Å². The standard InChI is InChI=1S/C25H28F2N4O3S/c1-17(2)35(33,34)30-10-8-29(9-11-30)24-16-28-31(22-14-20(26)13-21(27)15-22)25(32)23(24)12-19-7-5-4-6-18(19)3/h4-7,13-17H,8-12H2,1-3H3. The van der Waals surface area contributed by atoms with Gasteiger partial charge in [-0.3, -0.25) is 4.79 Å². The maximum Gasteiger partial charge on any atom is 0.277 e. The average Bonchev–Trinajstić information content (AvgIpc) is 2.81. The quantitative estimate of drug-likeness (QED) is 0.517. The van der Waals surface area contributed by atoms with Gasteiger partial charge >= 0.3 is 0 Å². The van der Waals surface area contributed by atoms with E-state index in [2.05, 4.69) is 5.10 Å². The average molecular weight is 503 g/mol. The Bertz CT molecular complexity index is 1380. The SMILES string of the molecule is Cc1ccccc1Cc1c(N2CCN(S(=O)(=O)C(C)C)CC2)cnn(-c2cc(F)cc(F)c2)c1=O. The van der Waals surface area contributed by atoms with Crippen LogP contribution in [0.3, 0.4) is 0 Å². The van der Waals surface area contributed by atoms with Crippen LogP contribution in [0.4, 0.5) is 14.5 Å². The van der Waals surface area contributed by atoms with Gasteiger partial charge in [0.25, 0.3) is 5.56 Å². The highest BCUT2D eigenvalue weighted by Crippen LogP contribution is 2.24. The van der Waals surface area contributed by atoms with Crippen LogP contribution in [0, 0.1) is 18.6 Å². The van der Waals surface area contributed by atoms with E-state index >= 15 is 0 Å². The molecule has 10 heteroatoms. The van der Waals surface area contributed by atoms with Crippen molar-refractivity contribution in [3.05, 3.63) is 87.3 Å². The zero-order valence-corrected chi connectivity index (χ0v) is 20.7. The fraction of sp³-hybridized carbons (Fsp3) is 0.360. The molecule has 186 valence electrons. The van der Waals surface area contributed by atoms with Gasteiger partial charge in [-0.2, -0.15) is 14.1 Å². The van der Waals surface area contributed by atoms with Crippen molar-refractivity contribution >= 4 is 15.7 Å². The zero-order valence-electron chi connectivity index (χ0n) is 19.9. The van der Waals surface area contributed by atoms with E-state index < -0.39 is 32.5 Å². The van der Waals surface area contributed by atoms with Gasteiger partial charge in [-0.25, -0.2) is 17.2 Å². The molecule has 1 aromatic heterocycles. The molecule has 1 aliphatic heterocycles. The maximum atomic E-state index is 13.9. The number of aryl methyl sites for hydroxylation is 1. The smallest absolute Gasteiger partial charge is 0.277 e. The molecule has 3 aromatic rings. The van der Waals surface area contributed by atoms with Crippen LogP contribution in [0.25, 0.3) is 5.69 Å². The van der Waals surface area contributed by atoms with Crippen LogP contribution in [0.2, 0.25) is 0 Å². The molecule has 35 heavy (non-hydrogen) atoms. The van der Waals surface area contributed by atoms with Gasteiger partial charge in [0.1, 0.15) is 11.6 Å². The molecule has 1 fully saturated rings. The second kappa shape index (κ2) is 9.87. The van der Waals surface area contributed by atoms with E-state index in [0.29, 0.717) is 43.9 Å². The number of rotatable bonds is 6. The number of hydrogen-bond acceptors (Lipinski definition) is 5. The Morgan fingerprint density at radius 2 is 1.63 bits per heavy atom. The van der Waals surface area contributed by atoms with Gasteiger partial charge < -0.3 is 4.90 Å². The van der Waals surface area contributed by atoms with Gasteiger partial charge in [0, 0.05) is 44.2 Å². The van der Waals surface area contributed by atoms with E-state index in [9.17, 15) is 22.0 Å². The Labute approximate surface area is 203 Å². The summed E-state index contributed by atoms with van der Waals surface area (Å²) in [6, 6.07) is 10.5. The Morgan fingerprint density at radius 1 is 1.00 bits per heavy atom. The van der Waals surface area contributed by atoms with Gasteiger partial charge in [0.2, 0.25) is 10.0 Å². The number of nitrogens with zero attached hydrogens (tertiary/aromatic N) is 4. The lowest BCUT2D eigenvalue weighted by molar-refractivity contribution is 0.380. The molecule has 0 aliphatic carbocycles. The summed E-state index contributed by atoms with van der Waals surface area (Å²) >= 11 is 0. The summed E-state index contributed by atoms with van der Waals surface area (Å²) in [5.41, 5.74) is 2.49. The molecule has 2 heterocycles. The summed E-state index contributed by atoms with van der Waals surface area (Å²) in [5, 5.41) is 3.71. The first-order chi connectivity index (χ1) is 16.6. The molecule has 4 rings (SSSR count). The maximum absolute atomic E-state index is 13.9. The molecular formula is C25H28F2N4O3S. The van der Waals surface area contributed by atoms with Crippen molar-refractivity contribution in [1.29, 1.82) is 0 Å². The molecule has 1 saturated heterocycles. The van der Waals surface area contributed by atoms with Gasteiger partial charge in [-0.1, -0.05) is 24.3 Å². The number of aromatic nitrogens is 2. The van der Waals surface area contributed by atoms with Crippen molar-refractivity contribution in [2.45, 2.75) is 32.4 Å².